The lowest BCUT2D eigenvalue weighted by atomic mass is 9.98. The van der Waals surface area contributed by atoms with Crippen molar-refractivity contribution in [2.75, 3.05) is 11.5 Å². The fourth-order valence-electron chi connectivity index (χ4n) is 3.91. The zero-order chi connectivity index (χ0) is 23.1. The number of amides is 1. The van der Waals surface area contributed by atoms with Crippen molar-refractivity contribution in [1.29, 1.82) is 0 Å². The SMILES string of the molecule is CCCOc1ccc([C@@H]2c3c(oc4ccc(Cl)cc4c3=O)C(=O)N2c2nnc(CC)s2)cc1. The number of carbonyl (C=O) groups is 1. The fourth-order valence-corrected chi connectivity index (χ4v) is 4.89. The number of aromatic nitrogens is 2. The minimum atomic E-state index is -0.704. The summed E-state index contributed by atoms with van der Waals surface area (Å²) < 4.78 is 11.6. The Morgan fingerprint density at radius 2 is 1.91 bits per heavy atom. The van der Waals surface area contributed by atoms with Crippen molar-refractivity contribution in [3.63, 3.8) is 0 Å². The molecule has 0 radical (unpaired) electrons. The van der Waals surface area contributed by atoms with Crippen molar-refractivity contribution in [1.82, 2.24) is 10.2 Å². The van der Waals surface area contributed by atoms with Gasteiger partial charge in [-0.05, 0) is 48.7 Å². The standard InChI is InChI=1S/C24H20ClN3O4S/c1-3-11-31-15-8-5-13(6-9-15)20-19-21(29)16-12-14(25)7-10-17(16)32-22(19)23(30)28(20)24-27-26-18(4-2)33-24/h5-10,12,20H,3-4,11H2,1-2H3/t20-/m1/s1. The molecule has 1 atom stereocenters. The Labute approximate surface area is 198 Å². The van der Waals surface area contributed by atoms with Gasteiger partial charge in [-0.1, -0.05) is 48.9 Å². The Balaban J connectivity index is 1.71. The number of fused-ring (bicyclic) bond motifs is 2. The number of rotatable bonds is 6. The molecule has 0 saturated heterocycles. The molecule has 7 nitrogen and oxygen atoms in total. The molecule has 4 aromatic rings. The van der Waals surface area contributed by atoms with Crippen molar-refractivity contribution < 1.29 is 13.9 Å². The molecule has 9 heteroatoms. The van der Waals surface area contributed by atoms with E-state index in [1.807, 2.05) is 38.1 Å². The second kappa shape index (κ2) is 8.61. The number of hydrogen-bond acceptors (Lipinski definition) is 7. The molecule has 0 saturated carbocycles. The summed E-state index contributed by atoms with van der Waals surface area (Å²) in [4.78, 5) is 28.6. The monoisotopic (exact) mass is 481 g/mol. The summed E-state index contributed by atoms with van der Waals surface area (Å²) in [5, 5.41) is 10.4. The van der Waals surface area contributed by atoms with E-state index >= 15 is 0 Å². The maximum Gasteiger partial charge on any atom is 0.297 e. The summed E-state index contributed by atoms with van der Waals surface area (Å²) in [6, 6.07) is 11.5. The van der Waals surface area contributed by atoms with Gasteiger partial charge in [0, 0.05) is 5.02 Å². The van der Waals surface area contributed by atoms with Gasteiger partial charge >= 0.3 is 0 Å². The van der Waals surface area contributed by atoms with Crippen LogP contribution < -0.4 is 15.1 Å². The largest absolute Gasteiger partial charge is 0.494 e. The average Bonchev–Trinajstić information content (AvgIpc) is 3.41. The maximum atomic E-state index is 13.6. The Hall–Kier alpha value is -3.23. The smallest absolute Gasteiger partial charge is 0.297 e. The minimum absolute atomic E-state index is 0.0133. The topological polar surface area (TPSA) is 85.5 Å². The normalized spacial score (nSPS) is 15.3. The highest BCUT2D eigenvalue weighted by atomic mass is 35.5. The number of anilines is 1. The molecule has 33 heavy (non-hydrogen) atoms. The first-order valence-electron chi connectivity index (χ1n) is 10.7. The van der Waals surface area contributed by atoms with Gasteiger partial charge < -0.3 is 9.15 Å². The van der Waals surface area contributed by atoms with Gasteiger partial charge in [0.15, 0.2) is 5.43 Å². The van der Waals surface area contributed by atoms with E-state index in [2.05, 4.69) is 10.2 Å². The van der Waals surface area contributed by atoms with Crippen LogP contribution in [0.5, 0.6) is 5.75 Å². The summed E-state index contributed by atoms with van der Waals surface area (Å²) in [7, 11) is 0. The Bertz CT molecular complexity index is 1410. The Morgan fingerprint density at radius 3 is 2.61 bits per heavy atom. The van der Waals surface area contributed by atoms with Crippen LogP contribution in [-0.4, -0.2) is 22.7 Å². The third-order valence-electron chi connectivity index (χ3n) is 5.47. The molecule has 3 heterocycles. The van der Waals surface area contributed by atoms with Crippen molar-refractivity contribution in [3.8, 4) is 5.75 Å². The molecular weight excluding hydrogens is 462 g/mol. The van der Waals surface area contributed by atoms with E-state index in [4.69, 9.17) is 20.8 Å². The lowest BCUT2D eigenvalue weighted by molar-refractivity contribution is 0.0970. The molecule has 1 aliphatic rings. The van der Waals surface area contributed by atoms with Gasteiger partial charge in [-0.3, -0.25) is 14.5 Å². The number of nitrogens with zero attached hydrogens (tertiary/aromatic N) is 3. The van der Waals surface area contributed by atoms with Gasteiger partial charge in [-0.15, -0.1) is 10.2 Å². The molecule has 0 fully saturated rings. The maximum absolute atomic E-state index is 13.6. The lowest BCUT2D eigenvalue weighted by Crippen LogP contribution is -2.29. The highest BCUT2D eigenvalue weighted by Crippen LogP contribution is 2.42. The third kappa shape index (κ3) is 3.69. The van der Waals surface area contributed by atoms with Crippen LogP contribution in [0.1, 0.15) is 53.0 Å². The van der Waals surface area contributed by atoms with E-state index < -0.39 is 11.9 Å². The molecule has 1 aliphatic heterocycles. The average molecular weight is 482 g/mol. The molecule has 1 amide bonds. The van der Waals surface area contributed by atoms with E-state index in [9.17, 15) is 9.59 Å². The van der Waals surface area contributed by atoms with Crippen molar-refractivity contribution in [2.24, 2.45) is 0 Å². The summed E-state index contributed by atoms with van der Waals surface area (Å²) in [5.74, 6) is 0.312. The lowest BCUT2D eigenvalue weighted by Gasteiger charge is -2.22. The minimum Gasteiger partial charge on any atom is -0.494 e. The second-order valence-electron chi connectivity index (χ2n) is 7.64. The number of carbonyl (C=O) groups excluding carboxylic acids is 1. The molecule has 2 aromatic carbocycles. The molecule has 0 spiro atoms. The fraction of sp³-hybridized carbons (Fsp3) is 0.250. The zero-order valence-corrected chi connectivity index (χ0v) is 19.6. The summed E-state index contributed by atoms with van der Waals surface area (Å²) in [6.45, 7) is 4.62. The first-order valence-corrected chi connectivity index (χ1v) is 11.9. The molecule has 5 rings (SSSR count). The quantitative estimate of drug-likeness (QED) is 0.366. The molecule has 168 valence electrons. The van der Waals surface area contributed by atoms with Gasteiger partial charge in [0.2, 0.25) is 10.9 Å². The molecule has 0 N–H and O–H groups in total. The number of hydrogen-bond donors (Lipinski definition) is 0. The highest BCUT2D eigenvalue weighted by Gasteiger charge is 2.45. The molecule has 0 unspecified atom stereocenters. The van der Waals surface area contributed by atoms with Crippen LogP contribution in [0.2, 0.25) is 5.02 Å². The number of aryl methyl sites for hydroxylation is 1. The summed E-state index contributed by atoms with van der Waals surface area (Å²) >= 11 is 7.46. The van der Waals surface area contributed by atoms with E-state index in [0.29, 0.717) is 34.2 Å². The first kappa shape index (κ1) is 21.6. The van der Waals surface area contributed by atoms with Crippen LogP contribution in [0.25, 0.3) is 11.0 Å². The van der Waals surface area contributed by atoms with Crippen LogP contribution in [0.3, 0.4) is 0 Å². The molecule has 0 bridgehead atoms. The number of benzene rings is 2. The first-order chi connectivity index (χ1) is 16.0. The van der Waals surface area contributed by atoms with Crippen molar-refractivity contribution in [2.45, 2.75) is 32.7 Å². The van der Waals surface area contributed by atoms with Crippen molar-refractivity contribution in [3.05, 3.63) is 79.6 Å². The van der Waals surface area contributed by atoms with Crippen molar-refractivity contribution >= 4 is 44.9 Å². The number of ether oxygens (including phenoxy) is 1. The van der Waals surface area contributed by atoms with Crippen LogP contribution in [0, 0.1) is 0 Å². The van der Waals surface area contributed by atoms with Gasteiger partial charge in [-0.25, -0.2) is 0 Å². The summed E-state index contributed by atoms with van der Waals surface area (Å²) in [6.07, 6.45) is 1.59. The van der Waals surface area contributed by atoms with Gasteiger partial charge in [0.1, 0.15) is 16.3 Å². The molecule has 2 aromatic heterocycles. The van der Waals surface area contributed by atoms with Crippen LogP contribution in [0.4, 0.5) is 5.13 Å². The van der Waals surface area contributed by atoms with Crippen LogP contribution >= 0.6 is 22.9 Å². The van der Waals surface area contributed by atoms with E-state index in [-0.39, 0.29) is 16.8 Å². The zero-order valence-electron chi connectivity index (χ0n) is 18.0. The van der Waals surface area contributed by atoms with E-state index in [1.54, 1.807) is 18.2 Å². The van der Waals surface area contributed by atoms with E-state index in [0.717, 1.165) is 22.7 Å². The number of halogens is 1. The second-order valence-corrected chi connectivity index (χ2v) is 9.12. The molecular formula is C24H20ClN3O4S. The van der Waals surface area contributed by atoms with E-state index in [1.165, 1.54) is 16.2 Å². The predicted molar refractivity (Wildman–Crippen MR) is 128 cm³/mol. The highest BCUT2D eigenvalue weighted by molar-refractivity contribution is 7.15. The Kier molecular flexibility index (Phi) is 5.64. The van der Waals surface area contributed by atoms with Gasteiger partial charge in [-0.2, -0.15) is 0 Å². The van der Waals surface area contributed by atoms with Gasteiger partial charge in [0.05, 0.1) is 23.6 Å². The molecule has 0 aliphatic carbocycles. The van der Waals surface area contributed by atoms with Crippen LogP contribution in [0.15, 0.2) is 51.7 Å². The Morgan fingerprint density at radius 1 is 1.12 bits per heavy atom. The van der Waals surface area contributed by atoms with Gasteiger partial charge in [0.25, 0.3) is 5.91 Å². The predicted octanol–water partition coefficient (Wildman–Crippen LogP) is 5.40. The third-order valence-corrected chi connectivity index (χ3v) is 6.77. The van der Waals surface area contributed by atoms with Crippen LogP contribution in [-0.2, 0) is 6.42 Å². The summed E-state index contributed by atoms with van der Waals surface area (Å²) in [5.41, 5.74) is 1.03.